The highest BCUT2D eigenvalue weighted by Gasteiger charge is 2.11. The second-order valence-corrected chi connectivity index (χ2v) is 4.79. The van der Waals surface area contributed by atoms with Crippen LogP contribution in [0.4, 0.5) is 5.69 Å². The van der Waals surface area contributed by atoms with Crippen LogP contribution in [-0.2, 0) is 4.84 Å². The van der Waals surface area contributed by atoms with Crippen LogP contribution in [0.3, 0.4) is 0 Å². The fourth-order valence-electron chi connectivity index (χ4n) is 2.31. The Labute approximate surface area is 114 Å². The van der Waals surface area contributed by atoms with Gasteiger partial charge in [-0.2, -0.15) is 0 Å². The summed E-state index contributed by atoms with van der Waals surface area (Å²) in [6.07, 6.45) is 2.59. The van der Waals surface area contributed by atoms with Gasteiger partial charge < -0.3 is 15.2 Å². The molecule has 0 spiro atoms. The van der Waals surface area contributed by atoms with Crippen LogP contribution in [0.25, 0.3) is 0 Å². The smallest absolute Gasteiger partial charge is 0.122 e. The van der Waals surface area contributed by atoms with Gasteiger partial charge in [0.05, 0.1) is 12.8 Å². The molecule has 0 bridgehead atoms. The number of benzene rings is 1. The van der Waals surface area contributed by atoms with Gasteiger partial charge in [-0.05, 0) is 56.6 Å². The van der Waals surface area contributed by atoms with Crippen LogP contribution in [0.1, 0.15) is 18.4 Å². The number of rotatable bonds is 6. The van der Waals surface area contributed by atoms with Crippen molar-refractivity contribution in [3.63, 3.8) is 0 Å². The Balaban J connectivity index is 1.86. The zero-order valence-electron chi connectivity index (χ0n) is 11.6. The van der Waals surface area contributed by atoms with Gasteiger partial charge in [0.15, 0.2) is 0 Å². The first kappa shape index (κ1) is 14.1. The lowest BCUT2D eigenvalue weighted by molar-refractivity contribution is 0.197. The minimum Gasteiger partial charge on any atom is -0.733 e. The molecule has 0 N–H and O–H groups in total. The van der Waals surface area contributed by atoms with Gasteiger partial charge in [-0.3, -0.25) is 9.74 Å². The number of hydrogen-bond acceptors (Lipinski definition) is 5. The van der Waals surface area contributed by atoms with Crippen molar-refractivity contribution < 1.29 is 9.57 Å². The topological polar surface area (TPSA) is 48.0 Å². The van der Waals surface area contributed by atoms with E-state index in [2.05, 4.69) is 9.74 Å². The van der Waals surface area contributed by atoms with Crippen LogP contribution in [0.5, 0.6) is 5.75 Å². The predicted octanol–water partition coefficient (Wildman–Crippen LogP) is 2.34. The average Bonchev–Trinajstić information content (AvgIpc) is 2.93. The van der Waals surface area contributed by atoms with Gasteiger partial charge in [0, 0.05) is 6.54 Å². The Morgan fingerprint density at radius 2 is 2.05 bits per heavy atom. The normalized spacial score (nSPS) is 15.7. The van der Waals surface area contributed by atoms with Crippen LogP contribution in [0.15, 0.2) is 18.2 Å². The molecule has 0 radical (unpaired) electrons. The van der Waals surface area contributed by atoms with Gasteiger partial charge in [-0.15, -0.1) is 0 Å². The molecule has 0 atom stereocenters. The van der Waals surface area contributed by atoms with Gasteiger partial charge in [0.25, 0.3) is 0 Å². The molecule has 5 nitrogen and oxygen atoms in total. The molecule has 0 aromatic heterocycles. The number of aryl methyl sites for hydroxylation is 1. The summed E-state index contributed by atoms with van der Waals surface area (Å²) in [6, 6.07) is 5.29. The summed E-state index contributed by atoms with van der Waals surface area (Å²) in [5.41, 5.74) is 1.42. The molecule has 0 amide bonds. The highest BCUT2D eigenvalue weighted by atomic mass is 16.9. The number of hydrogen-bond donors (Lipinski definition) is 0. The molecule has 1 aliphatic heterocycles. The Bertz CT molecular complexity index is 406. The van der Waals surface area contributed by atoms with Crippen molar-refractivity contribution >= 4 is 5.69 Å². The largest absolute Gasteiger partial charge is 0.733 e. The summed E-state index contributed by atoms with van der Waals surface area (Å²) in [7, 11) is 1.35. The molecule has 0 aliphatic carbocycles. The van der Waals surface area contributed by atoms with Crippen molar-refractivity contribution in [1.29, 1.82) is 0 Å². The van der Waals surface area contributed by atoms with E-state index in [1.807, 2.05) is 13.0 Å². The third-order valence-corrected chi connectivity index (χ3v) is 3.40. The van der Waals surface area contributed by atoms with E-state index < -0.39 is 0 Å². The standard InChI is InChI=1S/C14H21N2O3/c1-12-11-13(16(17)18-2)5-6-14(12)19-10-9-15-7-3-4-8-15/h5-6,11H,3-4,7-10H2,1-2H3/q-1. The maximum Gasteiger partial charge on any atom is 0.122 e. The van der Waals surface area contributed by atoms with E-state index in [9.17, 15) is 5.21 Å². The Morgan fingerprint density at radius 1 is 1.32 bits per heavy atom. The van der Waals surface area contributed by atoms with Crippen LogP contribution in [-0.4, -0.2) is 38.3 Å². The molecule has 0 unspecified atom stereocenters. The lowest BCUT2D eigenvalue weighted by Gasteiger charge is -2.27. The first-order chi connectivity index (χ1) is 9.20. The van der Waals surface area contributed by atoms with E-state index in [-0.39, 0.29) is 0 Å². The van der Waals surface area contributed by atoms with Crippen molar-refractivity contribution in [1.82, 2.24) is 4.90 Å². The third kappa shape index (κ3) is 3.83. The molecule has 2 rings (SSSR count). The van der Waals surface area contributed by atoms with Gasteiger partial charge in [-0.1, -0.05) is 0 Å². The molecular weight excluding hydrogens is 244 g/mol. The average molecular weight is 265 g/mol. The molecule has 19 heavy (non-hydrogen) atoms. The molecule has 1 aromatic carbocycles. The van der Waals surface area contributed by atoms with Gasteiger partial charge in [0.1, 0.15) is 12.4 Å². The first-order valence-electron chi connectivity index (χ1n) is 6.68. The number of likely N-dealkylation sites (tertiary alicyclic amines) is 1. The SMILES string of the molecule is CON([O-])c1ccc(OCCN2CCCC2)c(C)c1. The van der Waals surface area contributed by atoms with E-state index in [0.29, 0.717) is 17.5 Å². The molecule has 5 heteroatoms. The van der Waals surface area contributed by atoms with Gasteiger partial charge in [0.2, 0.25) is 0 Å². The maximum atomic E-state index is 11.3. The minimum atomic E-state index is 0.479. The summed E-state index contributed by atoms with van der Waals surface area (Å²) >= 11 is 0. The predicted molar refractivity (Wildman–Crippen MR) is 75.2 cm³/mol. The van der Waals surface area contributed by atoms with E-state index in [0.717, 1.165) is 17.9 Å². The highest BCUT2D eigenvalue weighted by Crippen LogP contribution is 2.24. The summed E-state index contributed by atoms with van der Waals surface area (Å²) < 4.78 is 5.76. The van der Waals surface area contributed by atoms with Crippen LogP contribution in [0, 0.1) is 12.1 Å². The molecule has 1 saturated heterocycles. The summed E-state index contributed by atoms with van der Waals surface area (Å²) in [6.45, 7) is 5.94. The fourth-order valence-corrected chi connectivity index (χ4v) is 2.31. The van der Waals surface area contributed by atoms with Crippen LogP contribution < -0.4 is 9.96 Å². The quantitative estimate of drug-likeness (QED) is 0.739. The summed E-state index contributed by atoms with van der Waals surface area (Å²) in [4.78, 5) is 7.02. The van der Waals surface area contributed by atoms with E-state index in [1.54, 1.807) is 12.1 Å². The van der Waals surface area contributed by atoms with Crippen LogP contribution in [0.2, 0.25) is 0 Å². The molecule has 1 aromatic rings. The summed E-state index contributed by atoms with van der Waals surface area (Å²) in [5, 5.41) is 11.8. The van der Waals surface area contributed by atoms with Crippen molar-refractivity contribution in [2.45, 2.75) is 19.8 Å². The maximum absolute atomic E-state index is 11.3. The van der Waals surface area contributed by atoms with Gasteiger partial charge >= 0.3 is 0 Å². The number of ether oxygens (including phenoxy) is 1. The monoisotopic (exact) mass is 265 g/mol. The minimum absolute atomic E-state index is 0.479. The summed E-state index contributed by atoms with van der Waals surface area (Å²) in [5.74, 6) is 0.826. The zero-order valence-corrected chi connectivity index (χ0v) is 11.6. The molecule has 1 heterocycles. The first-order valence-corrected chi connectivity index (χ1v) is 6.68. The molecule has 106 valence electrons. The molecule has 1 fully saturated rings. The Hall–Kier alpha value is -1.30. The van der Waals surface area contributed by atoms with Crippen molar-refractivity contribution in [3.05, 3.63) is 29.0 Å². The Morgan fingerprint density at radius 3 is 2.68 bits per heavy atom. The molecule has 0 saturated carbocycles. The van der Waals surface area contributed by atoms with Crippen LogP contribution >= 0.6 is 0 Å². The lowest BCUT2D eigenvalue weighted by Crippen LogP contribution is -2.25. The van der Waals surface area contributed by atoms with Gasteiger partial charge in [-0.25, -0.2) is 0 Å². The lowest BCUT2D eigenvalue weighted by atomic mass is 10.2. The number of nitrogens with zero attached hydrogens (tertiary/aromatic N) is 2. The fraction of sp³-hybridized carbons (Fsp3) is 0.571. The second-order valence-electron chi connectivity index (χ2n) is 4.79. The highest BCUT2D eigenvalue weighted by molar-refractivity contribution is 5.51. The van der Waals surface area contributed by atoms with Crippen molar-refractivity contribution in [3.8, 4) is 5.75 Å². The second kappa shape index (κ2) is 6.75. The number of anilines is 1. The molecular formula is C14H21N2O3-. The third-order valence-electron chi connectivity index (χ3n) is 3.40. The zero-order chi connectivity index (χ0) is 13.7. The Kier molecular flexibility index (Phi) is 5.01. The van der Waals surface area contributed by atoms with Crippen molar-refractivity contribution in [2.24, 2.45) is 0 Å². The molecule has 1 aliphatic rings. The van der Waals surface area contributed by atoms with E-state index in [1.165, 1.54) is 33.0 Å². The van der Waals surface area contributed by atoms with E-state index >= 15 is 0 Å². The van der Waals surface area contributed by atoms with Crippen molar-refractivity contribution in [2.75, 3.05) is 38.6 Å². The van der Waals surface area contributed by atoms with E-state index in [4.69, 9.17) is 4.74 Å².